The number of aryl methyl sites for hydroxylation is 4. The van der Waals surface area contributed by atoms with Crippen LogP contribution >= 0.6 is 0 Å². The Morgan fingerprint density at radius 2 is 1.41 bits per heavy atom. The summed E-state index contributed by atoms with van der Waals surface area (Å²) in [5.74, 6) is 0. The second-order valence-electron chi connectivity index (χ2n) is 7.85. The van der Waals surface area contributed by atoms with Crippen LogP contribution in [-0.2, 0) is 6.42 Å². The first-order valence-corrected chi connectivity index (χ1v) is 10.1. The molecule has 29 heavy (non-hydrogen) atoms. The summed E-state index contributed by atoms with van der Waals surface area (Å²) in [6.07, 6.45) is 2.76. The third kappa shape index (κ3) is 4.27. The van der Waals surface area contributed by atoms with Crippen molar-refractivity contribution in [1.29, 1.82) is 0 Å². The largest absolute Gasteiger partial charge is 0.256 e. The number of hydrogen-bond acceptors (Lipinski definition) is 2. The lowest BCUT2D eigenvalue weighted by molar-refractivity contribution is 1.07. The molecule has 0 spiro atoms. The van der Waals surface area contributed by atoms with Crippen LogP contribution in [0.3, 0.4) is 0 Å². The van der Waals surface area contributed by atoms with E-state index in [0.717, 1.165) is 23.5 Å². The van der Waals surface area contributed by atoms with Crippen molar-refractivity contribution >= 4 is 0 Å². The summed E-state index contributed by atoms with van der Waals surface area (Å²) in [7, 11) is 0. The van der Waals surface area contributed by atoms with E-state index in [0.29, 0.717) is 0 Å². The highest BCUT2D eigenvalue weighted by Gasteiger charge is 2.09. The third-order valence-corrected chi connectivity index (χ3v) is 5.44. The fourth-order valence-electron chi connectivity index (χ4n) is 3.69. The molecule has 0 aliphatic rings. The van der Waals surface area contributed by atoms with E-state index in [1.807, 2.05) is 12.3 Å². The monoisotopic (exact) mass is 378 g/mol. The van der Waals surface area contributed by atoms with E-state index in [-0.39, 0.29) is 0 Å². The maximum Gasteiger partial charge on any atom is 0.0705 e. The second-order valence-corrected chi connectivity index (χ2v) is 7.85. The Bertz CT molecular complexity index is 1080. The molecule has 2 heterocycles. The fraction of sp³-hybridized carbons (Fsp3) is 0.185. The van der Waals surface area contributed by atoms with Gasteiger partial charge in [-0.25, -0.2) is 0 Å². The van der Waals surface area contributed by atoms with Gasteiger partial charge in [0.1, 0.15) is 0 Å². The molecule has 0 bridgehead atoms. The minimum atomic E-state index is 0.889. The second kappa shape index (κ2) is 8.00. The molecule has 4 aromatic rings. The summed E-state index contributed by atoms with van der Waals surface area (Å²) in [5, 5.41) is 0. The third-order valence-electron chi connectivity index (χ3n) is 5.44. The molecule has 4 rings (SSSR count). The van der Waals surface area contributed by atoms with Crippen molar-refractivity contribution in [2.75, 3.05) is 0 Å². The first-order chi connectivity index (χ1) is 14.0. The van der Waals surface area contributed by atoms with Gasteiger partial charge in [-0.2, -0.15) is 0 Å². The van der Waals surface area contributed by atoms with Gasteiger partial charge in [-0.3, -0.25) is 9.97 Å². The minimum Gasteiger partial charge on any atom is -0.256 e. The maximum atomic E-state index is 4.88. The fourth-order valence-corrected chi connectivity index (χ4v) is 3.69. The van der Waals surface area contributed by atoms with E-state index in [2.05, 4.69) is 93.3 Å². The molecule has 0 radical (unpaired) electrons. The molecule has 0 saturated heterocycles. The Balaban J connectivity index is 1.59. The molecule has 0 fully saturated rings. The number of hydrogen-bond donors (Lipinski definition) is 0. The highest BCUT2D eigenvalue weighted by Crippen LogP contribution is 2.25. The first-order valence-electron chi connectivity index (χ1n) is 10.1. The van der Waals surface area contributed by atoms with Gasteiger partial charge in [0.2, 0.25) is 0 Å². The predicted molar refractivity (Wildman–Crippen MR) is 121 cm³/mol. The number of benzene rings is 2. The van der Waals surface area contributed by atoms with Crippen molar-refractivity contribution < 1.29 is 0 Å². The molecule has 0 saturated carbocycles. The molecule has 0 aliphatic carbocycles. The van der Waals surface area contributed by atoms with E-state index in [1.165, 1.54) is 38.9 Å². The molecule has 2 heteroatoms. The first kappa shape index (κ1) is 19.1. The van der Waals surface area contributed by atoms with Crippen LogP contribution in [0, 0.1) is 27.7 Å². The van der Waals surface area contributed by atoms with Crippen molar-refractivity contribution in [3.8, 4) is 22.5 Å². The molecule has 144 valence electrons. The van der Waals surface area contributed by atoms with Crippen molar-refractivity contribution in [2.24, 2.45) is 0 Å². The molecule has 0 atom stereocenters. The van der Waals surface area contributed by atoms with Crippen LogP contribution in [0.5, 0.6) is 0 Å². The quantitative estimate of drug-likeness (QED) is 0.398. The molecular formula is C27H26N2. The Morgan fingerprint density at radius 1 is 0.655 bits per heavy atom. The molecule has 2 nitrogen and oxygen atoms in total. The zero-order valence-corrected chi connectivity index (χ0v) is 17.5. The Hall–Kier alpha value is -3.26. The van der Waals surface area contributed by atoms with E-state index in [9.17, 15) is 0 Å². The predicted octanol–water partition coefficient (Wildman–Crippen LogP) is 6.64. The summed E-state index contributed by atoms with van der Waals surface area (Å²) >= 11 is 0. The number of nitrogens with zero attached hydrogens (tertiary/aromatic N) is 2. The van der Waals surface area contributed by atoms with E-state index < -0.39 is 0 Å². The van der Waals surface area contributed by atoms with Crippen molar-refractivity contribution in [1.82, 2.24) is 9.97 Å². The topological polar surface area (TPSA) is 25.8 Å². The molecule has 2 aromatic carbocycles. The van der Waals surface area contributed by atoms with Gasteiger partial charge >= 0.3 is 0 Å². The average Bonchev–Trinajstić information content (AvgIpc) is 2.71. The normalized spacial score (nSPS) is 10.9. The smallest absolute Gasteiger partial charge is 0.0705 e. The van der Waals surface area contributed by atoms with Gasteiger partial charge in [-0.15, -0.1) is 0 Å². The van der Waals surface area contributed by atoms with Crippen LogP contribution in [0.2, 0.25) is 0 Å². The summed E-state index contributed by atoms with van der Waals surface area (Å²) in [6.45, 7) is 8.50. The van der Waals surface area contributed by atoms with Gasteiger partial charge in [-0.05, 0) is 86.7 Å². The molecule has 0 amide bonds. The van der Waals surface area contributed by atoms with Crippen LogP contribution in [0.25, 0.3) is 22.5 Å². The van der Waals surface area contributed by atoms with Crippen LogP contribution in [0.15, 0.2) is 72.9 Å². The molecule has 0 unspecified atom stereocenters. The standard InChI is InChI=1S/C27H26N2/c1-18-6-5-7-24(14-18)26-11-10-23(21(4)29-26)17-22-8-9-25(16-20(22)3)27-15-19(2)12-13-28-27/h5-16H,17H2,1-4H3. The summed E-state index contributed by atoms with van der Waals surface area (Å²) in [6, 6.07) is 23.7. The number of pyridine rings is 2. The van der Waals surface area contributed by atoms with Gasteiger partial charge in [0.25, 0.3) is 0 Å². The van der Waals surface area contributed by atoms with E-state index in [1.54, 1.807) is 0 Å². The highest BCUT2D eigenvalue weighted by atomic mass is 14.7. The maximum absolute atomic E-state index is 4.88. The van der Waals surface area contributed by atoms with Crippen LogP contribution < -0.4 is 0 Å². The van der Waals surface area contributed by atoms with Gasteiger partial charge in [0.05, 0.1) is 11.4 Å². The summed E-state index contributed by atoms with van der Waals surface area (Å²) in [4.78, 5) is 9.39. The van der Waals surface area contributed by atoms with Crippen molar-refractivity contribution in [2.45, 2.75) is 34.1 Å². The number of rotatable bonds is 4. The SMILES string of the molecule is Cc1cccc(-c2ccc(Cc3ccc(-c4cc(C)ccn4)cc3C)c(C)n2)c1. The molecule has 0 N–H and O–H groups in total. The number of aromatic nitrogens is 2. The van der Waals surface area contributed by atoms with E-state index >= 15 is 0 Å². The highest BCUT2D eigenvalue weighted by molar-refractivity contribution is 5.63. The van der Waals surface area contributed by atoms with E-state index in [4.69, 9.17) is 4.98 Å². The average molecular weight is 379 g/mol. The van der Waals surface area contributed by atoms with Crippen LogP contribution in [-0.4, -0.2) is 9.97 Å². The zero-order chi connectivity index (χ0) is 20.4. The lowest BCUT2D eigenvalue weighted by Gasteiger charge is -2.12. The Morgan fingerprint density at radius 3 is 2.14 bits per heavy atom. The van der Waals surface area contributed by atoms with Gasteiger partial charge < -0.3 is 0 Å². The van der Waals surface area contributed by atoms with Crippen LogP contribution in [0.1, 0.15) is 33.5 Å². The summed E-state index contributed by atoms with van der Waals surface area (Å²) < 4.78 is 0. The van der Waals surface area contributed by atoms with Crippen molar-refractivity contribution in [3.63, 3.8) is 0 Å². The lowest BCUT2D eigenvalue weighted by atomic mass is 9.96. The van der Waals surface area contributed by atoms with Gasteiger partial charge in [0, 0.05) is 23.0 Å². The Kier molecular flexibility index (Phi) is 5.26. The molecule has 0 aliphatic heterocycles. The minimum absolute atomic E-state index is 0.889. The lowest BCUT2D eigenvalue weighted by Crippen LogP contribution is -1.98. The van der Waals surface area contributed by atoms with Crippen LogP contribution in [0.4, 0.5) is 0 Å². The summed E-state index contributed by atoms with van der Waals surface area (Å²) in [5.41, 5.74) is 11.9. The Labute approximate surface area is 173 Å². The van der Waals surface area contributed by atoms with Crippen molar-refractivity contribution in [3.05, 3.63) is 106 Å². The molecular weight excluding hydrogens is 352 g/mol. The zero-order valence-electron chi connectivity index (χ0n) is 17.5. The van der Waals surface area contributed by atoms with Gasteiger partial charge in [-0.1, -0.05) is 42.0 Å². The van der Waals surface area contributed by atoms with Gasteiger partial charge in [0.15, 0.2) is 0 Å². The molecule has 2 aromatic heterocycles.